The average molecular weight is 348 g/mol. The Morgan fingerprint density at radius 2 is 1.71 bits per heavy atom. The third-order valence-electron chi connectivity index (χ3n) is 2.41. The van der Waals surface area contributed by atoms with Crippen molar-refractivity contribution in [1.82, 2.24) is 4.98 Å². The van der Waals surface area contributed by atoms with E-state index in [1.165, 1.54) is 36.5 Å². The molecule has 0 bridgehead atoms. The minimum atomic E-state index is -4.00. The molecule has 0 spiro atoms. The Bertz CT molecular complexity index is 882. The van der Waals surface area contributed by atoms with E-state index in [0.29, 0.717) is 5.02 Å². The molecule has 0 atom stereocenters. The Balaban J connectivity index is 2.41. The molecule has 7 nitrogen and oxygen atoms in total. The van der Waals surface area contributed by atoms with E-state index in [0.717, 1.165) is 6.07 Å². The van der Waals surface area contributed by atoms with Crippen LogP contribution < -0.4 is 9.86 Å². The SMILES string of the molecule is NS(=O)(=O)c1cccc(S(=O)(=O)Nc2cc(Cl)ccn2)c1. The second-order valence-electron chi connectivity index (χ2n) is 3.98. The molecule has 1 aromatic carbocycles. The van der Waals surface area contributed by atoms with Crippen LogP contribution in [0.4, 0.5) is 5.82 Å². The lowest BCUT2D eigenvalue weighted by Crippen LogP contribution is -2.16. The second-order valence-corrected chi connectivity index (χ2v) is 7.66. The van der Waals surface area contributed by atoms with Crippen LogP contribution >= 0.6 is 11.6 Å². The van der Waals surface area contributed by atoms with Crippen molar-refractivity contribution in [2.75, 3.05) is 4.72 Å². The normalized spacial score (nSPS) is 12.1. The summed E-state index contributed by atoms with van der Waals surface area (Å²) in [6.45, 7) is 0. The maximum absolute atomic E-state index is 12.2. The van der Waals surface area contributed by atoms with E-state index in [2.05, 4.69) is 9.71 Å². The minimum absolute atomic E-state index is 0.0171. The first-order chi connectivity index (χ1) is 9.68. The predicted octanol–water partition coefficient (Wildman–Crippen LogP) is 1.18. The number of aromatic nitrogens is 1. The van der Waals surface area contributed by atoms with Gasteiger partial charge in [0.2, 0.25) is 10.0 Å². The summed E-state index contributed by atoms with van der Waals surface area (Å²) in [7, 11) is -8.00. The van der Waals surface area contributed by atoms with Crippen molar-refractivity contribution in [3.8, 4) is 0 Å². The number of pyridine rings is 1. The summed E-state index contributed by atoms with van der Waals surface area (Å²) in [5, 5.41) is 5.28. The average Bonchev–Trinajstić information content (AvgIpc) is 2.37. The predicted molar refractivity (Wildman–Crippen MR) is 77.9 cm³/mol. The zero-order valence-electron chi connectivity index (χ0n) is 10.4. The van der Waals surface area contributed by atoms with E-state index >= 15 is 0 Å². The molecule has 112 valence electrons. The van der Waals surface area contributed by atoms with Crippen LogP contribution in [0, 0.1) is 0 Å². The van der Waals surface area contributed by atoms with Gasteiger partial charge in [-0.1, -0.05) is 17.7 Å². The summed E-state index contributed by atoms with van der Waals surface area (Å²) in [6, 6.07) is 7.49. The first-order valence-corrected chi connectivity index (χ1v) is 8.86. The Hall–Kier alpha value is -1.68. The first-order valence-electron chi connectivity index (χ1n) is 5.46. The topological polar surface area (TPSA) is 119 Å². The van der Waals surface area contributed by atoms with Crippen LogP contribution in [0.1, 0.15) is 0 Å². The molecular weight excluding hydrogens is 338 g/mol. The quantitative estimate of drug-likeness (QED) is 0.860. The highest BCUT2D eigenvalue weighted by atomic mass is 35.5. The van der Waals surface area contributed by atoms with E-state index < -0.39 is 20.0 Å². The summed E-state index contributed by atoms with van der Waals surface area (Å²) < 4.78 is 49.0. The molecule has 0 aliphatic rings. The Labute approximate surface area is 126 Å². The van der Waals surface area contributed by atoms with Gasteiger partial charge in [-0.15, -0.1) is 0 Å². The lowest BCUT2D eigenvalue weighted by atomic mass is 10.4. The number of halogens is 1. The number of nitrogens with two attached hydrogens (primary N) is 1. The van der Waals surface area contributed by atoms with Crippen molar-refractivity contribution in [3.63, 3.8) is 0 Å². The highest BCUT2D eigenvalue weighted by molar-refractivity contribution is 7.92. The van der Waals surface area contributed by atoms with Gasteiger partial charge in [0.1, 0.15) is 5.82 Å². The number of nitrogens with zero attached hydrogens (tertiary/aromatic N) is 1. The largest absolute Gasteiger partial charge is 0.263 e. The fraction of sp³-hybridized carbons (Fsp3) is 0. The molecule has 0 aliphatic heterocycles. The monoisotopic (exact) mass is 347 g/mol. The molecule has 0 aliphatic carbocycles. The minimum Gasteiger partial charge on any atom is -0.263 e. The molecule has 2 aromatic rings. The van der Waals surface area contributed by atoms with Crippen LogP contribution in [0.25, 0.3) is 0 Å². The lowest BCUT2D eigenvalue weighted by molar-refractivity contribution is 0.597. The smallest absolute Gasteiger partial charge is 0.263 e. The molecule has 0 unspecified atom stereocenters. The van der Waals surface area contributed by atoms with Crippen LogP contribution in [0.3, 0.4) is 0 Å². The number of nitrogens with one attached hydrogen (secondary N) is 1. The summed E-state index contributed by atoms with van der Waals surface area (Å²) in [5.74, 6) is 0.0171. The molecule has 21 heavy (non-hydrogen) atoms. The van der Waals surface area contributed by atoms with E-state index in [4.69, 9.17) is 16.7 Å². The second kappa shape index (κ2) is 5.60. The first kappa shape index (κ1) is 15.7. The zero-order valence-corrected chi connectivity index (χ0v) is 12.8. The molecule has 3 N–H and O–H groups in total. The van der Waals surface area contributed by atoms with Gasteiger partial charge in [0.15, 0.2) is 0 Å². The van der Waals surface area contributed by atoms with Gasteiger partial charge in [-0.05, 0) is 24.3 Å². The molecule has 0 radical (unpaired) electrons. The number of anilines is 1. The van der Waals surface area contributed by atoms with Gasteiger partial charge in [0.05, 0.1) is 9.79 Å². The van der Waals surface area contributed by atoms with Crippen molar-refractivity contribution in [2.45, 2.75) is 9.79 Å². The number of primary sulfonamides is 1. The van der Waals surface area contributed by atoms with Crippen LogP contribution in [-0.2, 0) is 20.0 Å². The van der Waals surface area contributed by atoms with Gasteiger partial charge in [0, 0.05) is 17.3 Å². The van der Waals surface area contributed by atoms with Gasteiger partial charge in [0.25, 0.3) is 10.0 Å². The van der Waals surface area contributed by atoms with Crippen molar-refractivity contribution >= 4 is 37.5 Å². The van der Waals surface area contributed by atoms with Gasteiger partial charge >= 0.3 is 0 Å². The number of sulfonamides is 2. The fourth-order valence-corrected chi connectivity index (χ4v) is 3.31. The Morgan fingerprint density at radius 1 is 1.05 bits per heavy atom. The molecular formula is C11H10ClN3O4S2. The fourth-order valence-electron chi connectivity index (χ4n) is 1.48. The maximum Gasteiger partial charge on any atom is 0.263 e. The zero-order chi connectivity index (χ0) is 15.7. The third kappa shape index (κ3) is 3.91. The molecule has 2 rings (SSSR count). The summed E-state index contributed by atoms with van der Waals surface area (Å²) in [5.41, 5.74) is 0. The van der Waals surface area contributed by atoms with Gasteiger partial charge in [-0.2, -0.15) is 0 Å². The van der Waals surface area contributed by atoms with Crippen molar-refractivity contribution < 1.29 is 16.8 Å². The van der Waals surface area contributed by atoms with Crippen LogP contribution in [0.15, 0.2) is 52.4 Å². The Morgan fingerprint density at radius 3 is 2.33 bits per heavy atom. The van der Waals surface area contributed by atoms with Crippen LogP contribution in [-0.4, -0.2) is 21.8 Å². The standard InChI is InChI=1S/C11H10ClN3O4S2/c12-8-4-5-14-11(6-8)15-21(18,19)10-3-1-2-9(7-10)20(13,16)17/h1-7H,(H,14,15)(H2,13,16,17). The number of rotatable bonds is 4. The van der Waals surface area contributed by atoms with E-state index in [-0.39, 0.29) is 15.6 Å². The molecule has 1 aromatic heterocycles. The number of hydrogen-bond donors (Lipinski definition) is 2. The highest BCUT2D eigenvalue weighted by Gasteiger charge is 2.18. The molecule has 1 heterocycles. The van der Waals surface area contributed by atoms with Gasteiger partial charge in [-0.3, -0.25) is 4.72 Å². The maximum atomic E-state index is 12.2. The molecule has 0 amide bonds. The van der Waals surface area contributed by atoms with Crippen molar-refractivity contribution in [1.29, 1.82) is 0 Å². The summed E-state index contributed by atoms with van der Waals surface area (Å²) >= 11 is 5.73. The van der Waals surface area contributed by atoms with E-state index in [1.54, 1.807) is 0 Å². The van der Waals surface area contributed by atoms with Gasteiger partial charge < -0.3 is 0 Å². The van der Waals surface area contributed by atoms with E-state index in [1.807, 2.05) is 0 Å². The van der Waals surface area contributed by atoms with Crippen molar-refractivity contribution in [2.24, 2.45) is 5.14 Å². The molecule has 10 heteroatoms. The Kier molecular flexibility index (Phi) is 4.19. The molecule has 0 saturated carbocycles. The van der Waals surface area contributed by atoms with E-state index in [9.17, 15) is 16.8 Å². The molecule has 0 saturated heterocycles. The lowest BCUT2D eigenvalue weighted by Gasteiger charge is -2.08. The van der Waals surface area contributed by atoms with Crippen LogP contribution in [0.5, 0.6) is 0 Å². The molecule has 0 fully saturated rings. The summed E-state index contributed by atoms with van der Waals surface area (Å²) in [4.78, 5) is 3.25. The van der Waals surface area contributed by atoms with Crippen LogP contribution in [0.2, 0.25) is 5.02 Å². The third-order valence-corrected chi connectivity index (χ3v) is 4.90. The number of benzene rings is 1. The highest BCUT2D eigenvalue weighted by Crippen LogP contribution is 2.19. The summed E-state index contributed by atoms with van der Waals surface area (Å²) in [6.07, 6.45) is 1.33. The van der Waals surface area contributed by atoms with Crippen molar-refractivity contribution in [3.05, 3.63) is 47.6 Å². The number of hydrogen-bond acceptors (Lipinski definition) is 5. The van der Waals surface area contributed by atoms with Gasteiger partial charge in [-0.25, -0.2) is 27.0 Å².